The van der Waals surface area contributed by atoms with E-state index in [0.29, 0.717) is 0 Å². The lowest BCUT2D eigenvalue weighted by Crippen LogP contribution is -2.51. The second-order valence-electron chi connectivity index (χ2n) is 5.10. The first-order valence-electron chi connectivity index (χ1n) is 5.23. The number of likely N-dealkylation sites (N-methyl/N-ethyl adjacent to an activating group) is 1. The molecule has 15 heavy (non-hydrogen) atoms. The smallest absolute Gasteiger partial charge is 0.240 e. The maximum atomic E-state index is 12.0. The van der Waals surface area contributed by atoms with Crippen molar-refractivity contribution in [1.82, 2.24) is 4.90 Å². The number of thioether (sulfide) groups is 1. The number of rotatable bonds is 4. The summed E-state index contributed by atoms with van der Waals surface area (Å²) in [4.78, 5) is 13.8. The van der Waals surface area contributed by atoms with Gasteiger partial charge in [-0.3, -0.25) is 4.79 Å². The van der Waals surface area contributed by atoms with Gasteiger partial charge in [-0.25, -0.2) is 0 Å². The van der Waals surface area contributed by atoms with Crippen molar-refractivity contribution in [3.05, 3.63) is 0 Å². The second kappa shape index (κ2) is 5.75. The molecule has 4 heteroatoms. The van der Waals surface area contributed by atoms with Gasteiger partial charge in [0.1, 0.15) is 0 Å². The van der Waals surface area contributed by atoms with Crippen molar-refractivity contribution in [1.29, 1.82) is 0 Å². The number of nitrogens with zero attached hydrogens (tertiary/aromatic N) is 1. The molecule has 3 nitrogen and oxygen atoms in total. The van der Waals surface area contributed by atoms with Crippen molar-refractivity contribution in [3.63, 3.8) is 0 Å². The van der Waals surface area contributed by atoms with Crippen molar-refractivity contribution < 1.29 is 4.79 Å². The largest absolute Gasteiger partial charge is 0.341 e. The second-order valence-corrected chi connectivity index (χ2v) is 6.01. The Labute approximate surface area is 97.8 Å². The number of carbonyl (C=O) groups excluding carboxylic acids is 1. The molecule has 0 aliphatic rings. The fourth-order valence-electron chi connectivity index (χ4n) is 1.16. The Morgan fingerprint density at radius 2 is 1.93 bits per heavy atom. The van der Waals surface area contributed by atoms with Gasteiger partial charge in [-0.15, -0.1) is 0 Å². The maximum Gasteiger partial charge on any atom is 0.240 e. The summed E-state index contributed by atoms with van der Waals surface area (Å²) >= 11 is 1.74. The molecule has 0 aliphatic heterocycles. The highest BCUT2D eigenvalue weighted by molar-refractivity contribution is 7.98. The van der Waals surface area contributed by atoms with E-state index in [1.165, 1.54) is 0 Å². The highest BCUT2D eigenvalue weighted by Crippen LogP contribution is 2.19. The highest BCUT2D eigenvalue weighted by Gasteiger charge is 2.31. The topological polar surface area (TPSA) is 46.3 Å². The Morgan fingerprint density at radius 3 is 2.27 bits per heavy atom. The molecule has 90 valence electrons. The van der Waals surface area contributed by atoms with E-state index >= 15 is 0 Å². The molecule has 0 aromatic heterocycles. The summed E-state index contributed by atoms with van der Waals surface area (Å²) in [7, 11) is 1.83. The minimum absolute atomic E-state index is 0.0315. The van der Waals surface area contributed by atoms with Gasteiger partial charge in [0.25, 0.3) is 0 Å². The first-order valence-corrected chi connectivity index (χ1v) is 6.62. The molecule has 1 amide bonds. The van der Waals surface area contributed by atoms with Crippen LogP contribution in [0.15, 0.2) is 0 Å². The summed E-state index contributed by atoms with van der Waals surface area (Å²) < 4.78 is 0. The summed E-state index contributed by atoms with van der Waals surface area (Å²) in [6.07, 6.45) is 2.04. The van der Waals surface area contributed by atoms with Crippen LogP contribution in [0, 0.1) is 5.41 Å². The SMILES string of the molecule is CSCC(C)N(C)C(=O)C(N)C(C)(C)C. The lowest BCUT2D eigenvalue weighted by atomic mass is 9.86. The first kappa shape index (κ1) is 14.8. The fourth-order valence-corrected chi connectivity index (χ4v) is 1.87. The van der Waals surface area contributed by atoms with Crippen LogP contribution in [0.3, 0.4) is 0 Å². The zero-order chi connectivity index (χ0) is 12.2. The quantitative estimate of drug-likeness (QED) is 0.800. The Morgan fingerprint density at radius 1 is 1.47 bits per heavy atom. The predicted octanol–water partition coefficient (Wildman–Crippen LogP) is 1.57. The van der Waals surface area contributed by atoms with E-state index in [2.05, 4.69) is 0 Å². The highest BCUT2D eigenvalue weighted by atomic mass is 32.2. The van der Waals surface area contributed by atoms with Gasteiger partial charge in [-0.1, -0.05) is 20.8 Å². The number of carbonyl (C=O) groups is 1. The average Bonchev–Trinajstić information content (AvgIpc) is 2.13. The Kier molecular flexibility index (Phi) is 5.67. The monoisotopic (exact) mass is 232 g/mol. The average molecular weight is 232 g/mol. The van der Waals surface area contributed by atoms with Crippen molar-refractivity contribution in [2.75, 3.05) is 19.1 Å². The third-order valence-corrected chi connectivity index (χ3v) is 3.43. The van der Waals surface area contributed by atoms with Crippen LogP contribution < -0.4 is 5.73 Å². The summed E-state index contributed by atoms with van der Waals surface area (Å²) in [6.45, 7) is 8.01. The molecule has 0 fully saturated rings. The van der Waals surface area contributed by atoms with Gasteiger partial charge in [-0.2, -0.15) is 11.8 Å². The van der Waals surface area contributed by atoms with Gasteiger partial charge in [0.2, 0.25) is 5.91 Å². The molecule has 2 N–H and O–H groups in total. The Hall–Kier alpha value is -0.220. The Balaban J connectivity index is 4.44. The van der Waals surface area contributed by atoms with Gasteiger partial charge in [0.15, 0.2) is 0 Å². The summed E-state index contributed by atoms with van der Waals surface area (Å²) in [5.41, 5.74) is 5.75. The molecule has 0 saturated carbocycles. The molecule has 0 aromatic rings. The molecule has 0 aromatic carbocycles. The molecule has 0 rings (SSSR count). The lowest BCUT2D eigenvalue weighted by molar-refractivity contribution is -0.135. The van der Waals surface area contributed by atoms with Crippen LogP contribution in [0.5, 0.6) is 0 Å². The van der Waals surface area contributed by atoms with Crippen LogP contribution >= 0.6 is 11.8 Å². The zero-order valence-electron chi connectivity index (χ0n) is 10.7. The number of hydrogen-bond acceptors (Lipinski definition) is 3. The van der Waals surface area contributed by atoms with Crippen LogP contribution in [-0.2, 0) is 4.79 Å². The first-order chi connectivity index (χ1) is 6.71. The third kappa shape index (κ3) is 4.43. The molecule has 0 radical (unpaired) electrons. The standard InChI is InChI=1S/C11H24N2OS/c1-8(7-15-6)13(5)10(14)9(12)11(2,3)4/h8-9H,7,12H2,1-6H3. The van der Waals surface area contributed by atoms with Gasteiger partial charge < -0.3 is 10.6 Å². The van der Waals surface area contributed by atoms with E-state index in [1.54, 1.807) is 16.7 Å². The minimum atomic E-state index is -0.424. The van der Waals surface area contributed by atoms with Gasteiger partial charge in [-0.05, 0) is 18.6 Å². The minimum Gasteiger partial charge on any atom is -0.341 e. The van der Waals surface area contributed by atoms with E-state index < -0.39 is 6.04 Å². The normalized spacial score (nSPS) is 15.9. The van der Waals surface area contributed by atoms with E-state index in [4.69, 9.17) is 5.73 Å². The van der Waals surface area contributed by atoms with Crippen LogP contribution in [0.2, 0.25) is 0 Å². The van der Waals surface area contributed by atoms with Gasteiger partial charge in [0.05, 0.1) is 6.04 Å². The molecule has 0 aliphatic carbocycles. The number of amides is 1. The maximum absolute atomic E-state index is 12.0. The zero-order valence-corrected chi connectivity index (χ0v) is 11.5. The van der Waals surface area contributed by atoms with Crippen LogP contribution in [0.25, 0.3) is 0 Å². The summed E-state index contributed by atoms with van der Waals surface area (Å²) in [5.74, 6) is 0.975. The third-order valence-electron chi connectivity index (χ3n) is 2.62. The van der Waals surface area contributed by atoms with E-state index in [9.17, 15) is 4.79 Å². The molecule has 2 atom stereocenters. The van der Waals surface area contributed by atoms with Gasteiger partial charge >= 0.3 is 0 Å². The molecule has 0 bridgehead atoms. The molecule has 0 saturated heterocycles. The van der Waals surface area contributed by atoms with Crippen LogP contribution in [0.1, 0.15) is 27.7 Å². The molecular formula is C11H24N2OS. The van der Waals surface area contributed by atoms with Gasteiger partial charge in [0, 0.05) is 18.8 Å². The fraction of sp³-hybridized carbons (Fsp3) is 0.909. The van der Waals surface area contributed by atoms with Crippen molar-refractivity contribution >= 4 is 17.7 Å². The molecule has 0 heterocycles. The number of hydrogen-bond donors (Lipinski definition) is 1. The summed E-state index contributed by atoms with van der Waals surface area (Å²) in [6, 6.07) is -0.187. The lowest BCUT2D eigenvalue weighted by Gasteiger charge is -2.32. The van der Waals surface area contributed by atoms with E-state index in [1.807, 2.05) is 41.0 Å². The molecule has 2 unspecified atom stereocenters. The number of nitrogens with two attached hydrogens (primary N) is 1. The van der Waals surface area contributed by atoms with E-state index in [0.717, 1.165) is 5.75 Å². The van der Waals surface area contributed by atoms with Crippen molar-refractivity contribution in [3.8, 4) is 0 Å². The van der Waals surface area contributed by atoms with E-state index in [-0.39, 0.29) is 17.4 Å². The predicted molar refractivity (Wildman–Crippen MR) is 68.0 cm³/mol. The van der Waals surface area contributed by atoms with Crippen LogP contribution in [0.4, 0.5) is 0 Å². The van der Waals surface area contributed by atoms with Crippen molar-refractivity contribution in [2.24, 2.45) is 11.1 Å². The summed E-state index contributed by atoms with van der Waals surface area (Å²) in [5, 5.41) is 0. The van der Waals surface area contributed by atoms with Crippen molar-refractivity contribution in [2.45, 2.75) is 39.8 Å². The molecular weight excluding hydrogens is 208 g/mol. The molecule has 0 spiro atoms. The van der Waals surface area contributed by atoms with Crippen LogP contribution in [-0.4, -0.2) is 41.9 Å². The Bertz CT molecular complexity index is 213.